The van der Waals surface area contributed by atoms with Crippen molar-refractivity contribution in [2.45, 2.75) is 13.8 Å². The third-order valence-electron chi connectivity index (χ3n) is 4.52. The van der Waals surface area contributed by atoms with Crippen LogP contribution in [0.4, 0.5) is 0 Å². The van der Waals surface area contributed by atoms with Gasteiger partial charge in [-0.05, 0) is 43.2 Å². The molecule has 0 atom stereocenters. The molecule has 0 saturated heterocycles. The third kappa shape index (κ3) is 3.15. The first kappa shape index (κ1) is 17.2. The first-order valence-electron chi connectivity index (χ1n) is 8.45. The summed E-state index contributed by atoms with van der Waals surface area (Å²) in [6.45, 7) is 3.99. The Morgan fingerprint density at radius 3 is 2.59 bits per heavy atom. The number of aryl methyl sites for hydroxylation is 2. The molecule has 2 aromatic carbocycles. The zero-order chi connectivity index (χ0) is 19.0. The maximum Gasteiger partial charge on any atom is 0.315 e. The minimum atomic E-state index is -0.240. The second-order valence-corrected chi connectivity index (χ2v) is 7.31. The maximum atomic E-state index is 12.5. The number of hydrogen-bond acceptors (Lipinski definition) is 5. The van der Waals surface area contributed by atoms with E-state index in [1.165, 1.54) is 4.57 Å². The van der Waals surface area contributed by atoms with Crippen molar-refractivity contribution in [3.05, 3.63) is 85.3 Å². The fourth-order valence-corrected chi connectivity index (χ4v) is 3.74. The Bertz CT molecular complexity index is 1170. The Balaban J connectivity index is 1.77. The Morgan fingerprint density at radius 1 is 1.07 bits per heavy atom. The molecule has 1 aliphatic heterocycles. The van der Waals surface area contributed by atoms with E-state index in [4.69, 9.17) is 0 Å². The lowest BCUT2D eigenvalue weighted by Crippen LogP contribution is -2.10. The highest BCUT2D eigenvalue weighted by Crippen LogP contribution is 2.28. The fraction of sp³-hybridized carbons (Fsp3) is 0.0952. The van der Waals surface area contributed by atoms with Crippen molar-refractivity contribution < 1.29 is 5.11 Å². The first-order chi connectivity index (χ1) is 13.0. The molecule has 134 valence electrons. The summed E-state index contributed by atoms with van der Waals surface area (Å²) < 4.78 is 1.33. The van der Waals surface area contributed by atoms with Crippen LogP contribution in [0.1, 0.15) is 21.6 Å². The van der Waals surface area contributed by atoms with Gasteiger partial charge in [-0.1, -0.05) is 47.7 Å². The lowest BCUT2D eigenvalue weighted by Gasteiger charge is -2.07. The lowest BCUT2D eigenvalue weighted by molar-refractivity contribution is 0.440. The molecule has 0 radical (unpaired) electrons. The van der Waals surface area contributed by atoms with Gasteiger partial charge in [-0.15, -0.1) is 5.10 Å². The molecule has 1 aliphatic rings. The minimum absolute atomic E-state index is 0.0755. The summed E-state index contributed by atoms with van der Waals surface area (Å²) in [7, 11) is 0. The Kier molecular flexibility index (Phi) is 4.33. The molecule has 0 saturated carbocycles. The van der Waals surface area contributed by atoms with Crippen LogP contribution in [-0.2, 0) is 0 Å². The molecule has 4 rings (SSSR count). The summed E-state index contributed by atoms with van der Waals surface area (Å²) >= 11 is 0.994. The van der Waals surface area contributed by atoms with Gasteiger partial charge in [-0.25, -0.2) is 4.57 Å². The molecular formula is C21H17N3O2S. The second kappa shape index (κ2) is 6.81. The topological polar surface area (TPSA) is 66.9 Å². The molecule has 0 fully saturated rings. The number of rotatable bonds is 3. The van der Waals surface area contributed by atoms with Gasteiger partial charge < -0.3 is 5.11 Å². The molecule has 1 N–H and O–H groups in total. The molecule has 2 heterocycles. The fourth-order valence-electron chi connectivity index (χ4n) is 2.90. The minimum Gasteiger partial charge on any atom is -0.493 e. The largest absolute Gasteiger partial charge is 0.493 e. The molecule has 1 aromatic heterocycles. The SMILES string of the molecule is Cc1ccc(-n2c(O)c(/C=C3/C=NN=C3c3ccccc3)sc2=O)cc1C. The highest BCUT2D eigenvalue weighted by Gasteiger charge is 2.18. The zero-order valence-corrected chi connectivity index (χ0v) is 15.7. The van der Waals surface area contributed by atoms with E-state index < -0.39 is 0 Å². The normalized spacial score (nSPS) is 14.7. The first-order valence-corrected chi connectivity index (χ1v) is 9.27. The third-order valence-corrected chi connectivity index (χ3v) is 5.40. The van der Waals surface area contributed by atoms with E-state index in [2.05, 4.69) is 10.2 Å². The van der Waals surface area contributed by atoms with Crippen molar-refractivity contribution in [2.75, 3.05) is 0 Å². The smallest absolute Gasteiger partial charge is 0.315 e. The average Bonchev–Trinajstić information content (AvgIpc) is 3.23. The van der Waals surface area contributed by atoms with Crippen LogP contribution in [0.25, 0.3) is 11.8 Å². The number of hydrogen-bond donors (Lipinski definition) is 1. The zero-order valence-electron chi connectivity index (χ0n) is 14.9. The van der Waals surface area contributed by atoms with Crippen LogP contribution in [0, 0.1) is 13.8 Å². The predicted octanol–water partition coefficient (Wildman–Crippen LogP) is 4.09. The van der Waals surface area contributed by atoms with Gasteiger partial charge in [0.15, 0.2) is 0 Å². The summed E-state index contributed by atoms with van der Waals surface area (Å²) in [6, 6.07) is 15.4. The van der Waals surface area contributed by atoms with Crippen molar-refractivity contribution >= 4 is 29.3 Å². The molecule has 0 spiro atoms. The van der Waals surface area contributed by atoms with E-state index in [0.29, 0.717) is 16.3 Å². The van der Waals surface area contributed by atoms with Crippen LogP contribution in [-0.4, -0.2) is 21.6 Å². The van der Waals surface area contributed by atoms with E-state index in [-0.39, 0.29) is 10.8 Å². The summed E-state index contributed by atoms with van der Waals surface area (Å²) in [5, 5.41) is 18.9. The number of aromatic nitrogens is 1. The number of allylic oxidation sites excluding steroid dienone is 1. The summed E-state index contributed by atoms with van der Waals surface area (Å²) in [6.07, 6.45) is 3.38. The van der Waals surface area contributed by atoms with Gasteiger partial charge in [-0.2, -0.15) is 5.10 Å². The van der Waals surface area contributed by atoms with Crippen molar-refractivity contribution in [3.8, 4) is 11.6 Å². The average molecular weight is 375 g/mol. The number of aromatic hydroxyl groups is 1. The van der Waals surface area contributed by atoms with Crippen molar-refractivity contribution in [1.82, 2.24) is 4.57 Å². The lowest BCUT2D eigenvalue weighted by atomic mass is 10.0. The molecule has 0 amide bonds. The predicted molar refractivity (Wildman–Crippen MR) is 111 cm³/mol. The van der Waals surface area contributed by atoms with E-state index in [9.17, 15) is 9.90 Å². The highest BCUT2D eigenvalue weighted by molar-refractivity contribution is 7.10. The molecule has 0 bridgehead atoms. The molecular weight excluding hydrogens is 358 g/mol. The van der Waals surface area contributed by atoms with Gasteiger partial charge in [0.1, 0.15) is 5.71 Å². The second-order valence-electron chi connectivity index (χ2n) is 6.32. The molecule has 5 nitrogen and oxygen atoms in total. The maximum absolute atomic E-state index is 12.5. The molecule has 6 heteroatoms. The summed E-state index contributed by atoms with van der Waals surface area (Å²) in [5.41, 5.74) is 5.25. The van der Waals surface area contributed by atoms with Crippen LogP contribution < -0.4 is 4.87 Å². The van der Waals surface area contributed by atoms with Gasteiger partial charge in [0.2, 0.25) is 5.88 Å². The van der Waals surface area contributed by atoms with Crippen LogP contribution in [0.15, 0.2) is 69.1 Å². The molecule has 27 heavy (non-hydrogen) atoms. The van der Waals surface area contributed by atoms with Crippen LogP contribution in [0.3, 0.4) is 0 Å². The van der Waals surface area contributed by atoms with Gasteiger partial charge in [0.05, 0.1) is 16.8 Å². The van der Waals surface area contributed by atoms with Crippen LogP contribution >= 0.6 is 11.3 Å². The standard InChI is InChI=1S/C21H17N3O2S/c1-13-8-9-17(10-14(13)2)24-20(25)18(27-21(24)26)11-16-12-22-23-19(16)15-6-4-3-5-7-15/h3-12,25H,1-2H3/b16-11-. The Hall–Kier alpha value is -3.25. The number of nitrogens with zero attached hydrogens (tertiary/aromatic N) is 3. The van der Waals surface area contributed by atoms with E-state index in [0.717, 1.165) is 33.6 Å². The highest BCUT2D eigenvalue weighted by atomic mass is 32.1. The summed E-state index contributed by atoms with van der Waals surface area (Å²) in [4.78, 5) is 12.7. The van der Waals surface area contributed by atoms with E-state index in [1.54, 1.807) is 12.3 Å². The van der Waals surface area contributed by atoms with Crippen LogP contribution in [0.5, 0.6) is 5.88 Å². The van der Waals surface area contributed by atoms with Crippen molar-refractivity contribution in [3.63, 3.8) is 0 Å². The Morgan fingerprint density at radius 2 is 1.85 bits per heavy atom. The van der Waals surface area contributed by atoms with E-state index >= 15 is 0 Å². The number of thiazole rings is 1. The van der Waals surface area contributed by atoms with Gasteiger partial charge in [0.25, 0.3) is 0 Å². The van der Waals surface area contributed by atoms with Crippen LogP contribution in [0.2, 0.25) is 0 Å². The van der Waals surface area contributed by atoms with Gasteiger partial charge in [0, 0.05) is 11.1 Å². The van der Waals surface area contributed by atoms with E-state index in [1.807, 2.05) is 62.4 Å². The molecule has 0 aliphatic carbocycles. The quantitative estimate of drug-likeness (QED) is 0.749. The Labute approximate surface area is 160 Å². The van der Waals surface area contributed by atoms with Gasteiger partial charge in [-0.3, -0.25) is 4.79 Å². The molecule has 0 unspecified atom stereocenters. The number of benzene rings is 2. The monoisotopic (exact) mass is 375 g/mol. The van der Waals surface area contributed by atoms with Crippen molar-refractivity contribution in [1.29, 1.82) is 0 Å². The van der Waals surface area contributed by atoms with Crippen molar-refractivity contribution in [2.24, 2.45) is 10.2 Å². The summed E-state index contributed by atoms with van der Waals surface area (Å²) in [5.74, 6) is -0.0755. The molecule has 3 aromatic rings. The van der Waals surface area contributed by atoms with Gasteiger partial charge >= 0.3 is 4.87 Å².